The highest BCUT2D eigenvalue weighted by atomic mass is 19.3. The molecule has 0 aromatic heterocycles. The van der Waals surface area contributed by atoms with E-state index in [2.05, 4.69) is 5.32 Å². The lowest BCUT2D eigenvalue weighted by atomic mass is 9.71. The molecule has 2 aliphatic heterocycles. The normalized spacial score (nSPS) is 53.2. The number of alkyl halides is 2. The summed E-state index contributed by atoms with van der Waals surface area (Å²) in [6.07, 6.45) is 6.35. The minimum Gasteiger partial charge on any atom is -0.311 e. The van der Waals surface area contributed by atoms with Gasteiger partial charge in [0.2, 0.25) is 0 Å². The second-order valence-corrected chi connectivity index (χ2v) is 6.14. The predicted octanol–water partition coefficient (Wildman–Crippen LogP) is 2.71. The summed E-state index contributed by atoms with van der Waals surface area (Å²) in [6.45, 7) is 0. The van der Waals surface area contributed by atoms with Gasteiger partial charge in [0.25, 0.3) is 5.92 Å². The lowest BCUT2D eigenvalue weighted by Crippen LogP contribution is -2.42. The van der Waals surface area contributed by atoms with Crippen molar-refractivity contribution in [1.82, 2.24) is 5.32 Å². The molecule has 2 bridgehead atoms. The van der Waals surface area contributed by atoms with Crippen molar-refractivity contribution in [2.24, 2.45) is 10.8 Å². The molecule has 1 nitrogen and oxygen atoms in total. The molecule has 0 aromatic carbocycles. The number of hydrogen-bond donors (Lipinski definition) is 1. The van der Waals surface area contributed by atoms with Gasteiger partial charge in [-0.05, 0) is 38.5 Å². The second-order valence-electron chi connectivity index (χ2n) is 6.14. The molecule has 0 aromatic rings. The minimum atomic E-state index is -2.33. The Morgan fingerprint density at radius 2 is 1.53 bits per heavy atom. The third-order valence-electron chi connectivity index (χ3n) is 5.79. The van der Waals surface area contributed by atoms with Crippen LogP contribution in [0.15, 0.2) is 0 Å². The van der Waals surface area contributed by atoms with Crippen molar-refractivity contribution in [3.05, 3.63) is 0 Å². The fourth-order valence-electron chi connectivity index (χ4n) is 4.86. The van der Waals surface area contributed by atoms with Crippen LogP contribution in [-0.4, -0.2) is 18.0 Å². The van der Waals surface area contributed by atoms with Crippen molar-refractivity contribution in [1.29, 1.82) is 0 Å². The highest BCUT2D eigenvalue weighted by molar-refractivity contribution is 5.33. The maximum absolute atomic E-state index is 14.1. The molecular weight excluding hydrogens is 196 g/mol. The van der Waals surface area contributed by atoms with Gasteiger partial charge < -0.3 is 5.32 Å². The molecule has 2 aliphatic carbocycles. The maximum atomic E-state index is 14.1. The van der Waals surface area contributed by atoms with E-state index >= 15 is 0 Å². The molecule has 1 N–H and O–H groups in total. The Morgan fingerprint density at radius 3 is 1.93 bits per heavy atom. The Kier molecular flexibility index (Phi) is 1.33. The summed E-state index contributed by atoms with van der Waals surface area (Å²) in [7, 11) is 0. The van der Waals surface area contributed by atoms with Gasteiger partial charge in [0, 0.05) is 22.9 Å². The Morgan fingerprint density at radius 1 is 0.933 bits per heavy atom. The molecule has 84 valence electrons. The van der Waals surface area contributed by atoms with E-state index in [9.17, 15) is 8.78 Å². The third-order valence-corrected chi connectivity index (χ3v) is 5.79. The first-order valence-corrected chi connectivity index (χ1v) is 6.25. The third kappa shape index (κ3) is 0.719. The Bertz CT molecular complexity index is 310. The van der Waals surface area contributed by atoms with Gasteiger partial charge in [-0.15, -0.1) is 0 Å². The van der Waals surface area contributed by atoms with Crippen LogP contribution in [0.25, 0.3) is 0 Å². The molecule has 4 aliphatic rings. The van der Waals surface area contributed by atoms with Crippen molar-refractivity contribution >= 4 is 0 Å². The van der Waals surface area contributed by atoms with Crippen LogP contribution in [0.2, 0.25) is 0 Å². The summed E-state index contributed by atoms with van der Waals surface area (Å²) in [6, 6.07) is 0.796. The minimum absolute atomic E-state index is 0.398. The molecule has 2 atom stereocenters. The van der Waals surface area contributed by atoms with Gasteiger partial charge in [-0.2, -0.15) is 0 Å². The Labute approximate surface area is 88.6 Å². The largest absolute Gasteiger partial charge is 0.311 e. The number of rotatable bonds is 0. The first kappa shape index (κ1) is 8.91. The predicted molar refractivity (Wildman–Crippen MR) is 52.8 cm³/mol. The maximum Gasteiger partial charge on any atom is 0.260 e. The molecule has 2 unspecified atom stereocenters. The monoisotopic (exact) mass is 213 g/mol. The summed E-state index contributed by atoms with van der Waals surface area (Å²) >= 11 is 0. The molecule has 2 saturated heterocycles. The Hall–Kier alpha value is -0.180. The van der Waals surface area contributed by atoms with Crippen LogP contribution >= 0.6 is 0 Å². The summed E-state index contributed by atoms with van der Waals surface area (Å²) in [5.74, 6) is -2.33. The van der Waals surface area contributed by atoms with Gasteiger partial charge in [-0.1, -0.05) is 6.42 Å². The number of nitrogens with one attached hydrogen (secondary N) is 1. The number of hydrogen-bond acceptors (Lipinski definition) is 1. The molecule has 0 radical (unpaired) electrons. The standard InChI is InChI=1S/C12H17F2N/c13-12(14)10(4-1-5-10)11(12)6-8-2-3-9(7-11)15-8/h8-9,15H,1-7H2. The van der Waals surface area contributed by atoms with Gasteiger partial charge in [0.05, 0.1) is 0 Å². The van der Waals surface area contributed by atoms with Crippen molar-refractivity contribution < 1.29 is 8.78 Å². The number of fused-ring (bicyclic) bond motifs is 3. The molecule has 2 spiro atoms. The van der Waals surface area contributed by atoms with Gasteiger partial charge in [-0.3, -0.25) is 0 Å². The van der Waals surface area contributed by atoms with Gasteiger partial charge in [0.1, 0.15) is 0 Å². The molecule has 2 heterocycles. The van der Waals surface area contributed by atoms with Crippen LogP contribution in [-0.2, 0) is 0 Å². The van der Waals surface area contributed by atoms with Crippen molar-refractivity contribution in [3.8, 4) is 0 Å². The molecule has 0 amide bonds. The lowest BCUT2D eigenvalue weighted by molar-refractivity contribution is 0.0174. The number of halogens is 2. The highest BCUT2D eigenvalue weighted by Gasteiger charge is 2.91. The molecule has 15 heavy (non-hydrogen) atoms. The molecular formula is C12H17F2N. The van der Waals surface area contributed by atoms with Crippen LogP contribution < -0.4 is 5.32 Å². The van der Waals surface area contributed by atoms with E-state index in [0.29, 0.717) is 12.1 Å². The molecule has 3 heteroatoms. The molecule has 2 saturated carbocycles. The average Bonchev–Trinajstić information content (AvgIpc) is 2.36. The SMILES string of the molecule is FC1(F)C2(CCC2)C12CC1CCC(C2)N1. The first-order valence-electron chi connectivity index (χ1n) is 6.25. The van der Waals surface area contributed by atoms with Crippen molar-refractivity contribution in [3.63, 3.8) is 0 Å². The highest BCUT2D eigenvalue weighted by Crippen LogP contribution is 2.86. The topological polar surface area (TPSA) is 12.0 Å². The van der Waals surface area contributed by atoms with E-state index in [4.69, 9.17) is 0 Å². The van der Waals surface area contributed by atoms with Crippen LogP contribution in [0.4, 0.5) is 8.78 Å². The van der Waals surface area contributed by atoms with E-state index in [-0.39, 0.29) is 0 Å². The summed E-state index contributed by atoms with van der Waals surface area (Å²) < 4.78 is 28.2. The zero-order valence-electron chi connectivity index (χ0n) is 8.86. The second kappa shape index (κ2) is 2.24. The zero-order chi connectivity index (χ0) is 10.3. The fourth-order valence-corrected chi connectivity index (χ4v) is 4.86. The smallest absolute Gasteiger partial charge is 0.260 e. The number of piperidine rings is 1. The quantitative estimate of drug-likeness (QED) is 0.652. The van der Waals surface area contributed by atoms with E-state index < -0.39 is 16.8 Å². The molecule has 4 fully saturated rings. The van der Waals surface area contributed by atoms with Crippen LogP contribution in [0.3, 0.4) is 0 Å². The van der Waals surface area contributed by atoms with E-state index in [0.717, 1.165) is 44.9 Å². The van der Waals surface area contributed by atoms with Gasteiger partial charge >= 0.3 is 0 Å². The van der Waals surface area contributed by atoms with Gasteiger partial charge in [-0.25, -0.2) is 8.78 Å². The van der Waals surface area contributed by atoms with E-state index in [1.165, 1.54) is 0 Å². The first-order chi connectivity index (χ1) is 7.11. The van der Waals surface area contributed by atoms with Crippen LogP contribution in [0.1, 0.15) is 44.9 Å². The summed E-state index contributed by atoms with van der Waals surface area (Å²) in [4.78, 5) is 0. The lowest BCUT2D eigenvalue weighted by Gasteiger charge is -2.35. The van der Waals surface area contributed by atoms with E-state index in [1.54, 1.807) is 0 Å². The summed E-state index contributed by atoms with van der Waals surface area (Å²) in [5, 5.41) is 3.48. The zero-order valence-corrected chi connectivity index (χ0v) is 8.86. The van der Waals surface area contributed by atoms with E-state index in [1.807, 2.05) is 0 Å². The summed E-state index contributed by atoms with van der Waals surface area (Å²) in [5.41, 5.74) is -1.11. The van der Waals surface area contributed by atoms with Gasteiger partial charge in [0.15, 0.2) is 0 Å². The Balaban J connectivity index is 1.72. The van der Waals surface area contributed by atoms with Crippen LogP contribution in [0, 0.1) is 10.8 Å². The van der Waals surface area contributed by atoms with Crippen molar-refractivity contribution in [2.45, 2.75) is 63.0 Å². The average molecular weight is 213 g/mol. The fraction of sp³-hybridized carbons (Fsp3) is 1.00. The van der Waals surface area contributed by atoms with Crippen molar-refractivity contribution in [2.75, 3.05) is 0 Å². The molecule has 4 rings (SSSR count). The van der Waals surface area contributed by atoms with Crippen LogP contribution in [0.5, 0.6) is 0 Å².